The minimum atomic E-state index is 0.0153. The summed E-state index contributed by atoms with van der Waals surface area (Å²) < 4.78 is 1.74. The van der Waals surface area contributed by atoms with E-state index in [1.165, 1.54) is 11.8 Å². The minimum absolute atomic E-state index is 0.0153. The lowest BCUT2D eigenvalue weighted by Gasteiger charge is -2.35. The van der Waals surface area contributed by atoms with E-state index >= 15 is 0 Å². The van der Waals surface area contributed by atoms with Gasteiger partial charge in [-0.2, -0.15) is 4.98 Å². The van der Waals surface area contributed by atoms with E-state index in [1.807, 2.05) is 54.0 Å². The number of aromatic nitrogens is 4. The summed E-state index contributed by atoms with van der Waals surface area (Å²) in [4.78, 5) is 38.5. The molecule has 0 aliphatic carbocycles. The molecule has 1 fully saturated rings. The smallest absolute Gasteiger partial charge is 0.254 e. The van der Waals surface area contributed by atoms with Crippen LogP contribution in [0.15, 0.2) is 35.5 Å². The SMILES string of the molecule is Cc1cc(C)n2nc(SCc3ccccc3C(=O)N3CCN(C(=O)CCC(C)C)CC3)nc2n1. The van der Waals surface area contributed by atoms with E-state index in [0.717, 1.165) is 23.4 Å². The molecule has 0 N–H and O–H groups in total. The molecule has 0 spiro atoms. The summed E-state index contributed by atoms with van der Waals surface area (Å²) in [5, 5.41) is 5.19. The maximum Gasteiger partial charge on any atom is 0.254 e. The Bertz CT molecular complexity index is 1180. The molecule has 0 radical (unpaired) electrons. The molecule has 1 saturated heterocycles. The van der Waals surface area contributed by atoms with Gasteiger partial charge in [0.1, 0.15) is 0 Å². The number of piperazine rings is 1. The number of aryl methyl sites for hydroxylation is 2. The Morgan fingerprint density at radius 1 is 1.03 bits per heavy atom. The third kappa shape index (κ3) is 5.58. The molecular formula is C25H32N6O2S. The van der Waals surface area contributed by atoms with Crippen molar-refractivity contribution in [2.75, 3.05) is 26.2 Å². The number of carbonyl (C=O) groups is 2. The standard InChI is InChI=1S/C25H32N6O2S/c1-17(2)9-10-22(32)29-11-13-30(14-12-29)23(33)21-8-6-5-7-20(21)16-34-25-27-24-26-18(3)15-19(4)31(24)28-25/h5-8,15,17H,9-14,16H2,1-4H3. The van der Waals surface area contributed by atoms with Gasteiger partial charge in [0.15, 0.2) is 0 Å². The van der Waals surface area contributed by atoms with Crippen molar-refractivity contribution in [2.24, 2.45) is 5.92 Å². The fraction of sp³-hybridized carbons (Fsp3) is 0.480. The lowest BCUT2D eigenvalue weighted by atomic mass is 10.1. The first-order chi connectivity index (χ1) is 16.3. The molecule has 2 amide bonds. The maximum absolute atomic E-state index is 13.3. The van der Waals surface area contributed by atoms with Gasteiger partial charge in [-0.05, 0) is 43.9 Å². The van der Waals surface area contributed by atoms with Crippen LogP contribution in [0.3, 0.4) is 0 Å². The molecule has 4 rings (SSSR count). The van der Waals surface area contributed by atoms with Gasteiger partial charge < -0.3 is 9.80 Å². The van der Waals surface area contributed by atoms with E-state index in [2.05, 4.69) is 28.9 Å². The summed E-state index contributed by atoms with van der Waals surface area (Å²) in [7, 11) is 0. The molecule has 180 valence electrons. The minimum Gasteiger partial charge on any atom is -0.339 e. The maximum atomic E-state index is 13.3. The van der Waals surface area contributed by atoms with Crippen molar-refractivity contribution in [2.45, 2.75) is 51.4 Å². The molecule has 0 atom stereocenters. The Hall–Kier alpha value is -2.94. The molecular weight excluding hydrogens is 448 g/mol. The van der Waals surface area contributed by atoms with Crippen molar-refractivity contribution in [3.8, 4) is 0 Å². The van der Waals surface area contributed by atoms with Crippen LogP contribution in [-0.4, -0.2) is 67.4 Å². The second-order valence-electron chi connectivity index (χ2n) is 9.20. The molecule has 8 nitrogen and oxygen atoms in total. The lowest BCUT2D eigenvalue weighted by molar-refractivity contribution is -0.132. The van der Waals surface area contributed by atoms with Crippen LogP contribution in [-0.2, 0) is 10.5 Å². The number of thioether (sulfide) groups is 1. The van der Waals surface area contributed by atoms with Crippen LogP contribution in [0.5, 0.6) is 0 Å². The molecule has 1 aromatic carbocycles. The van der Waals surface area contributed by atoms with Crippen LogP contribution in [0.2, 0.25) is 0 Å². The average molecular weight is 481 g/mol. The summed E-state index contributed by atoms with van der Waals surface area (Å²) in [6, 6.07) is 9.68. The third-order valence-corrected chi connectivity index (χ3v) is 6.95. The van der Waals surface area contributed by atoms with E-state index < -0.39 is 0 Å². The Labute approximate surface area is 204 Å². The predicted octanol–water partition coefficient (Wildman–Crippen LogP) is 3.75. The Balaban J connectivity index is 1.39. The number of benzene rings is 1. The molecule has 0 bridgehead atoms. The largest absolute Gasteiger partial charge is 0.339 e. The topological polar surface area (TPSA) is 83.7 Å². The number of fused-ring (bicyclic) bond motifs is 1. The van der Waals surface area contributed by atoms with Crippen molar-refractivity contribution < 1.29 is 9.59 Å². The van der Waals surface area contributed by atoms with Gasteiger partial charge in [0.2, 0.25) is 11.1 Å². The second-order valence-corrected chi connectivity index (χ2v) is 10.1. The number of carbonyl (C=O) groups excluding carboxylic acids is 2. The van der Waals surface area contributed by atoms with Gasteiger partial charge in [-0.3, -0.25) is 9.59 Å². The van der Waals surface area contributed by atoms with E-state index in [9.17, 15) is 9.59 Å². The highest BCUT2D eigenvalue weighted by atomic mass is 32.2. The lowest BCUT2D eigenvalue weighted by Crippen LogP contribution is -2.50. The van der Waals surface area contributed by atoms with Crippen LogP contribution < -0.4 is 0 Å². The van der Waals surface area contributed by atoms with Crippen LogP contribution in [0.25, 0.3) is 5.78 Å². The summed E-state index contributed by atoms with van der Waals surface area (Å²) in [6.07, 6.45) is 1.48. The summed E-state index contributed by atoms with van der Waals surface area (Å²) in [5.74, 6) is 1.90. The van der Waals surface area contributed by atoms with Crippen molar-refractivity contribution in [3.05, 3.63) is 52.8 Å². The van der Waals surface area contributed by atoms with Gasteiger partial charge in [-0.15, -0.1) is 5.10 Å². The number of hydrogen-bond acceptors (Lipinski definition) is 6. The first kappa shape index (κ1) is 24.2. The van der Waals surface area contributed by atoms with Gasteiger partial charge >= 0.3 is 0 Å². The fourth-order valence-corrected chi connectivity index (χ4v) is 4.93. The van der Waals surface area contributed by atoms with E-state index in [4.69, 9.17) is 0 Å². The summed E-state index contributed by atoms with van der Waals surface area (Å²) >= 11 is 1.50. The molecule has 0 unspecified atom stereocenters. The molecule has 9 heteroatoms. The molecule has 3 heterocycles. The first-order valence-electron chi connectivity index (χ1n) is 11.8. The predicted molar refractivity (Wildman–Crippen MR) is 133 cm³/mol. The zero-order valence-corrected chi connectivity index (χ0v) is 21.1. The van der Waals surface area contributed by atoms with Crippen molar-refractivity contribution in [3.63, 3.8) is 0 Å². The van der Waals surface area contributed by atoms with Gasteiger partial charge in [-0.1, -0.05) is 43.8 Å². The highest BCUT2D eigenvalue weighted by Crippen LogP contribution is 2.24. The second kappa shape index (κ2) is 10.5. The third-order valence-electron chi connectivity index (χ3n) is 6.06. The van der Waals surface area contributed by atoms with Crippen molar-refractivity contribution in [1.29, 1.82) is 0 Å². The van der Waals surface area contributed by atoms with E-state index in [1.54, 1.807) is 4.52 Å². The van der Waals surface area contributed by atoms with Crippen molar-refractivity contribution in [1.82, 2.24) is 29.4 Å². The first-order valence-corrected chi connectivity index (χ1v) is 12.8. The zero-order valence-electron chi connectivity index (χ0n) is 20.3. The van der Waals surface area contributed by atoms with Gasteiger partial charge in [-0.25, -0.2) is 9.50 Å². The average Bonchev–Trinajstić information content (AvgIpc) is 3.24. The molecule has 3 aromatic rings. The van der Waals surface area contributed by atoms with Gasteiger partial charge in [0.25, 0.3) is 11.7 Å². The van der Waals surface area contributed by atoms with Crippen LogP contribution in [0, 0.1) is 19.8 Å². The molecule has 34 heavy (non-hydrogen) atoms. The molecule has 0 saturated carbocycles. The normalized spacial score (nSPS) is 14.3. The highest BCUT2D eigenvalue weighted by molar-refractivity contribution is 7.98. The monoisotopic (exact) mass is 480 g/mol. The summed E-state index contributed by atoms with van der Waals surface area (Å²) in [5.41, 5.74) is 3.54. The highest BCUT2D eigenvalue weighted by Gasteiger charge is 2.26. The van der Waals surface area contributed by atoms with Crippen LogP contribution in [0.4, 0.5) is 0 Å². The summed E-state index contributed by atoms with van der Waals surface area (Å²) in [6.45, 7) is 10.5. The fourth-order valence-electron chi connectivity index (χ4n) is 4.11. The molecule has 2 aromatic heterocycles. The van der Waals surface area contributed by atoms with Crippen LogP contribution >= 0.6 is 11.8 Å². The number of amides is 2. The van der Waals surface area contributed by atoms with Gasteiger partial charge in [0.05, 0.1) is 0 Å². The number of rotatable bonds is 7. The van der Waals surface area contributed by atoms with Crippen molar-refractivity contribution >= 4 is 29.4 Å². The Kier molecular flexibility index (Phi) is 7.50. The van der Waals surface area contributed by atoms with E-state index in [0.29, 0.717) is 60.8 Å². The van der Waals surface area contributed by atoms with E-state index in [-0.39, 0.29) is 11.8 Å². The Morgan fingerprint density at radius 2 is 1.74 bits per heavy atom. The number of nitrogens with zero attached hydrogens (tertiary/aromatic N) is 6. The Morgan fingerprint density at radius 3 is 2.47 bits per heavy atom. The van der Waals surface area contributed by atoms with Gasteiger partial charge in [0, 0.05) is 55.3 Å². The quantitative estimate of drug-likeness (QED) is 0.479. The molecule has 1 aliphatic rings. The molecule has 1 aliphatic heterocycles. The zero-order chi connectivity index (χ0) is 24.2. The van der Waals surface area contributed by atoms with Crippen LogP contribution in [0.1, 0.15) is 54.0 Å². The number of hydrogen-bond donors (Lipinski definition) is 0.